The molecule has 0 aliphatic heterocycles. The van der Waals surface area contributed by atoms with Gasteiger partial charge in [-0.2, -0.15) is 0 Å². The zero-order chi connectivity index (χ0) is 18.4. The Morgan fingerprint density at radius 3 is 2.54 bits per heavy atom. The number of rotatable bonds is 7. The predicted molar refractivity (Wildman–Crippen MR) is 109 cm³/mol. The van der Waals surface area contributed by atoms with Crippen LogP contribution in [0.2, 0.25) is 0 Å². The number of hydrogen-bond acceptors (Lipinski definition) is 4. The summed E-state index contributed by atoms with van der Waals surface area (Å²) < 4.78 is 3.05. The fraction of sp³-hybridized carbons (Fsp3) is 0.211. The zero-order valence-corrected chi connectivity index (χ0v) is 16.8. The lowest BCUT2D eigenvalue weighted by Gasteiger charge is -2.09. The average Bonchev–Trinajstić information content (AvgIpc) is 3.06. The van der Waals surface area contributed by atoms with Gasteiger partial charge in [0.15, 0.2) is 11.0 Å². The number of amides is 1. The van der Waals surface area contributed by atoms with Crippen molar-refractivity contribution in [2.24, 2.45) is 0 Å². The highest BCUT2D eigenvalue weighted by Gasteiger charge is 2.15. The first-order valence-corrected chi connectivity index (χ1v) is 10.1. The Kier molecular flexibility index (Phi) is 6.46. The monoisotopic (exact) mass is 430 g/mol. The van der Waals surface area contributed by atoms with Gasteiger partial charge in [0.25, 0.3) is 0 Å². The molecule has 0 atom stereocenters. The molecule has 26 heavy (non-hydrogen) atoms. The van der Waals surface area contributed by atoms with Gasteiger partial charge in [-0.05, 0) is 30.7 Å². The second-order valence-corrected chi connectivity index (χ2v) is 7.53. The van der Waals surface area contributed by atoms with Gasteiger partial charge in [-0.15, -0.1) is 10.2 Å². The molecule has 1 N–H and O–H groups in total. The number of hydrogen-bond donors (Lipinski definition) is 1. The Morgan fingerprint density at radius 1 is 1.12 bits per heavy atom. The molecule has 3 aromatic rings. The molecule has 5 nitrogen and oxygen atoms in total. The number of benzene rings is 2. The van der Waals surface area contributed by atoms with E-state index in [1.54, 1.807) is 0 Å². The van der Waals surface area contributed by atoms with Crippen LogP contribution in [-0.4, -0.2) is 26.4 Å². The topological polar surface area (TPSA) is 59.8 Å². The van der Waals surface area contributed by atoms with E-state index in [1.165, 1.54) is 11.8 Å². The highest BCUT2D eigenvalue weighted by molar-refractivity contribution is 9.10. The van der Waals surface area contributed by atoms with E-state index in [9.17, 15) is 4.79 Å². The van der Waals surface area contributed by atoms with Gasteiger partial charge in [-0.3, -0.25) is 4.79 Å². The second kappa shape index (κ2) is 9.00. The average molecular weight is 431 g/mol. The summed E-state index contributed by atoms with van der Waals surface area (Å²) >= 11 is 4.78. The molecule has 2 aromatic carbocycles. The first kappa shape index (κ1) is 18.7. The van der Waals surface area contributed by atoms with Crippen LogP contribution in [-0.2, 0) is 11.3 Å². The zero-order valence-electron chi connectivity index (χ0n) is 14.4. The Morgan fingerprint density at radius 2 is 1.85 bits per heavy atom. The molecule has 3 rings (SSSR count). The molecule has 1 amide bonds. The van der Waals surface area contributed by atoms with E-state index in [2.05, 4.69) is 42.9 Å². The van der Waals surface area contributed by atoms with E-state index in [0.29, 0.717) is 0 Å². The first-order valence-electron chi connectivity index (χ1n) is 8.34. The molecule has 0 bridgehead atoms. The van der Waals surface area contributed by atoms with E-state index in [-0.39, 0.29) is 11.7 Å². The molecule has 0 fully saturated rings. The maximum Gasteiger partial charge on any atom is 0.234 e. The number of thioether (sulfide) groups is 1. The summed E-state index contributed by atoms with van der Waals surface area (Å²) in [6.45, 7) is 2.93. The van der Waals surface area contributed by atoms with Crippen LogP contribution < -0.4 is 5.32 Å². The Bertz CT molecular complexity index is 865. The van der Waals surface area contributed by atoms with Crippen LogP contribution in [0.3, 0.4) is 0 Å². The van der Waals surface area contributed by atoms with E-state index in [0.717, 1.165) is 39.7 Å². The molecule has 1 heterocycles. The number of carbonyl (C=O) groups excluding carboxylic acids is 1. The summed E-state index contributed by atoms with van der Waals surface area (Å²) in [5.41, 5.74) is 1.80. The van der Waals surface area contributed by atoms with Gasteiger partial charge < -0.3 is 9.88 Å². The van der Waals surface area contributed by atoms with Gasteiger partial charge >= 0.3 is 0 Å². The highest BCUT2D eigenvalue weighted by atomic mass is 79.9. The van der Waals surface area contributed by atoms with Crippen LogP contribution in [0.15, 0.2) is 64.2 Å². The fourth-order valence-corrected chi connectivity index (χ4v) is 3.51. The molecule has 7 heteroatoms. The van der Waals surface area contributed by atoms with Crippen molar-refractivity contribution in [1.82, 2.24) is 14.8 Å². The molecule has 0 saturated carbocycles. The minimum absolute atomic E-state index is 0.0652. The predicted octanol–water partition coefficient (Wildman–Crippen LogP) is 4.85. The largest absolute Gasteiger partial charge is 0.325 e. The molecule has 0 aliphatic rings. The molecule has 0 unspecified atom stereocenters. The van der Waals surface area contributed by atoms with Crippen LogP contribution in [0.1, 0.15) is 13.3 Å². The molecule has 0 radical (unpaired) electrons. The summed E-state index contributed by atoms with van der Waals surface area (Å²) in [4.78, 5) is 12.2. The quantitative estimate of drug-likeness (QED) is 0.544. The molecular formula is C19H19BrN4OS. The van der Waals surface area contributed by atoms with E-state index in [4.69, 9.17) is 0 Å². The van der Waals surface area contributed by atoms with Gasteiger partial charge in [-0.1, -0.05) is 64.9 Å². The molecule has 0 saturated heterocycles. The van der Waals surface area contributed by atoms with Crippen molar-refractivity contribution in [3.8, 4) is 11.4 Å². The van der Waals surface area contributed by atoms with Gasteiger partial charge in [-0.25, -0.2) is 0 Å². The maximum atomic E-state index is 12.2. The van der Waals surface area contributed by atoms with Crippen LogP contribution in [0.4, 0.5) is 5.69 Å². The van der Waals surface area contributed by atoms with Crippen LogP contribution in [0.25, 0.3) is 11.4 Å². The minimum atomic E-state index is -0.0652. The van der Waals surface area contributed by atoms with E-state index >= 15 is 0 Å². The number of nitrogens with zero attached hydrogens (tertiary/aromatic N) is 3. The summed E-state index contributed by atoms with van der Waals surface area (Å²) in [6, 6.07) is 17.5. The smallest absolute Gasteiger partial charge is 0.234 e. The van der Waals surface area contributed by atoms with Gasteiger partial charge in [0, 0.05) is 22.3 Å². The maximum absolute atomic E-state index is 12.2. The molecule has 1 aromatic heterocycles. The Hall–Kier alpha value is -2.12. The van der Waals surface area contributed by atoms with Crippen molar-refractivity contribution in [3.63, 3.8) is 0 Å². The lowest BCUT2D eigenvalue weighted by atomic mass is 10.2. The summed E-state index contributed by atoms with van der Waals surface area (Å²) in [5.74, 6) is 1.06. The van der Waals surface area contributed by atoms with Crippen LogP contribution in [0.5, 0.6) is 0 Å². The number of aromatic nitrogens is 3. The lowest BCUT2D eigenvalue weighted by molar-refractivity contribution is -0.113. The van der Waals surface area contributed by atoms with Crippen molar-refractivity contribution in [1.29, 1.82) is 0 Å². The molecule has 0 aliphatic carbocycles. The summed E-state index contributed by atoms with van der Waals surface area (Å²) in [6.07, 6.45) is 0.969. The molecule has 134 valence electrons. The van der Waals surface area contributed by atoms with Gasteiger partial charge in [0.1, 0.15) is 0 Å². The van der Waals surface area contributed by atoms with E-state index in [1.807, 2.05) is 54.6 Å². The van der Waals surface area contributed by atoms with E-state index < -0.39 is 0 Å². The van der Waals surface area contributed by atoms with Crippen LogP contribution in [0, 0.1) is 0 Å². The third-order valence-electron chi connectivity index (χ3n) is 3.66. The third kappa shape index (κ3) is 4.74. The summed E-state index contributed by atoms with van der Waals surface area (Å²) in [5, 5.41) is 12.3. The first-order chi connectivity index (χ1) is 12.7. The highest BCUT2D eigenvalue weighted by Crippen LogP contribution is 2.24. The third-order valence-corrected chi connectivity index (χ3v) is 5.15. The van der Waals surface area contributed by atoms with Gasteiger partial charge in [0.05, 0.1) is 5.75 Å². The lowest BCUT2D eigenvalue weighted by Crippen LogP contribution is -2.14. The Labute approximate surface area is 165 Å². The van der Waals surface area contributed by atoms with Crippen molar-refractivity contribution >= 4 is 39.3 Å². The van der Waals surface area contributed by atoms with Crippen molar-refractivity contribution < 1.29 is 4.79 Å². The molecule has 0 spiro atoms. The van der Waals surface area contributed by atoms with Crippen molar-refractivity contribution in [3.05, 3.63) is 59.1 Å². The number of carbonyl (C=O) groups is 1. The fourth-order valence-electron chi connectivity index (χ4n) is 2.48. The van der Waals surface area contributed by atoms with Gasteiger partial charge in [0.2, 0.25) is 5.91 Å². The minimum Gasteiger partial charge on any atom is -0.325 e. The Balaban J connectivity index is 1.68. The van der Waals surface area contributed by atoms with Crippen LogP contribution >= 0.6 is 27.7 Å². The standard InChI is InChI=1S/C19H19BrN4OS/c1-2-12-24-18(14-6-4-3-5-7-14)22-23-19(24)26-13-17(25)21-16-10-8-15(20)9-11-16/h3-11H,2,12-13H2,1H3,(H,21,25). The number of nitrogens with one attached hydrogen (secondary N) is 1. The number of halogens is 1. The number of anilines is 1. The molecular weight excluding hydrogens is 412 g/mol. The van der Waals surface area contributed by atoms with Crippen molar-refractivity contribution in [2.45, 2.75) is 25.0 Å². The second-order valence-electron chi connectivity index (χ2n) is 5.67. The van der Waals surface area contributed by atoms with Crippen molar-refractivity contribution in [2.75, 3.05) is 11.1 Å². The SMILES string of the molecule is CCCn1c(SCC(=O)Nc2ccc(Br)cc2)nnc1-c1ccccc1. The summed E-state index contributed by atoms with van der Waals surface area (Å²) in [7, 11) is 0. The normalized spacial score (nSPS) is 10.7.